The molecule has 0 amide bonds. The second-order valence-corrected chi connectivity index (χ2v) is 5.26. The van der Waals surface area contributed by atoms with Crippen molar-refractivity contribution >= 4 is 0 Å². The Morgan fingerprint density at radius 2 is 2.28 bits per heavy atom. The predicted octanol–water partition coefficient (Wildman–Crippen LogP) is 2.23. The highest BCUT2D eigenvalue weighted by atomic mass is 16.5. The lowest BCUT2D eigenvalue weighted by molar-refractivity contribution is -0.00549. The average Bonchev–Trinajstić information content (AvgIpc) is 2.75. The Labute approximate surface area is 108 Å². The van der Waals surface area contributed by atoms with Crippen LogP contribution >= 0.6 is 0 Å². The van der Waals surface area contributed by atoms with Crippen LogP contribution in [0, 0.1) is 5.92 Å². The van der Waals surface area contributed by atoms with Gasteiger partial charge in [-0.25, -0.2) is 0 Å². The van der Waals surface area contributed by atoms with Crippen molar-refractivity contribution in [3.05, 3.63) is 11.7 Å². The van der Waals surface area contributed by atoms with E-state index in [0.717, 1.165) is 25.7 Å². The summed E-state index contributed by atoms with van der Waals surface area (Å²) in [7, 11) is 0. The molecule has 2 unspecified atom stereocenters. The van der Waals surface area contributed by atoms with Crippen molar-refractivity contribution in [3.63, 3.8) is 0 Å². The van der Waals surface area contributed by atoms with Crippen LogP contribution in [0.2, 0.25) is 0 Å². The fourth-order valence-corrected chi connectivity index (χ4v) is 1.80. The smallest absolute Gasteiger partial charge is 0.226 e. The van der Waals surface area contributed by atoms with Crippen molar-refractivity contribution in [2.75, 3.05) is 6.61 Å². The zero-order valence-electron chi connectivity index (χ0n) is 11.3. The van der Waals surface area contributed by atoms with Crippen LogP contribution in [0.4, 0.5) is 0 Å². The molecule has 0 aromatic carbocycles. The average molecular weight is 253 g/mol. The van der Waals surface area contributed by atoms with E-state index in [1.54, 1.807) is 0 Å². The van der Waals surface area contributed by atoms with Crippen molar-refractivity contribution in [2.24, 2.45) is 11.7 Å². The lowest BCUT2D eigenvalue weighted by atomic mass is 9.96. The number of rotatable bonds is 7. The summed E-state index contributed by atoms with van der Waals surface area (Å²) < 4.78 is 10.9. The van der Waals surface area contributed by atoms with Crippen LogP contribution in [0.25, 0.3) is 0 Å². The van der Waals surface area contributed by atoms with Gasteiger partial charge in [0.05, 0.1) is 18.8 Å². The summed E-state index contributed by atoms with van der Waals surface area (Å²) in [6, 6.07) is -0.278. The first-order valence-corrected chi connectivity index (χ1v) is 6.88. The molecule has 1 aliphatic rings. The number of nitrogens with zero attached hydrogens (tertiary/aromatic N) is 2. The van der Waals surface area contributed by atoms with Crippen LogP contribution in [0.3, 0.4) is 0 Å². The molecule has 102 valence electrons. The van der Waals surface area contributed by atoms with Gasteiger partial charge in [-0.05, 0) is 25.2 Å². The third-order valence-corrected chi connectivity index (χ3v) is 3.60. The lowest BCUT2D eigenvalue weighted by Crippen LogP contribution is -2.27. The summed E-state index contributed by atoms with van der Waals surface area (Å²) >= 11 is 0. The minimum absolute atomic E-state index is 0.278. The molecular weight excluding hydrogens is 230 g/mol. The molecule has 1 saturated carbocycles. The van der Waals surface area contributed by atoms with Crippen LogP contribution in [0.5, 0.6) is 0 Å². The van der Waals surface area contributed by atoms with Crippen LogP contribution in [-0.4, -0.2) is 22.9 Å². The molecular formula is C13H23N3O2. The number of aromatic nitrogens is 2. The Bertz CT molecular complexity index is 363. The summed E-state index contributed by atoms with van der Waals surface area (Å²) in [5.41, 5.74) is 5.99. The van der Waals surface area contributed by atoms with E-state index in [1.165, 1.54) is 6.42 Å². The van der Waals surface area contributed by atoms with Crippen molar-refractivity contribution in [1.82, 2.24) is 10.1 Å². The van der Waals surface area contributed by atoms with Crippen LogP contribution < -0.4 is 5.73 Å². The minimum atomic E-state index is -0.278. The highest BCUT2D eigenvalue weighted by Crippen LogP contribution is 2.23. The molecule has 0 spiro atoms. The summed E-state index contributed by atoms with van der Waals surface area (Å²) in [5, 5.41) is 3.93. The maximum Gasteiger partial charge on any atom is 0.226 e. The molecule has 5 heteroatoms. The molecule has 18 heavy (non-hydrogen) atoms. The van der Waals surface area contributed by atoms with E-state index in [9.17, 15) is 0 Å². The lowest BCUT2D eigenvalue weighted by Gasteiger charge is -2.26. The van der Waals surface area contributed by atoms with E-state index in [4.69, 9.17) is 15.0 Å². The van der Waals surface area contributed by atoms with Gasteiger partial charge in [-0.2, -0.15) is 4.98 Å². The molecule has 2 atom stereocenters. The molecule has 2 rings (SSSR count). The molecule has 2 N–H and O–H groups in total. The van der Waals surface area contributed by atoms with E-state index in [1.807, 2.05) is 0 Å². The first kappa shape index (κ1) is 13.5. The van der Waals surface area contributed by atoms with Crippen molar-refractivity contribution in [2.45, 2.75) is 58.1 Å². The van der Waals surface area contributed by atoms with Gasteiger partial charge < -0.3 is 15.0 Å². The zero-order chi connectivity index (χ0) is 13.0. The maximum absolute atomic E-state index is 5.99. The Morgan fingerprint density at radius 1 is 1.50 bits per heavy atom. The third-order valence-electron chi connectivity index (χ3n) is 3.60. The van der Waals surface area contributed by atoms with Crippen molar-refractivity contribution in [3.8, 4) is 0 Å². The van der Waals surface area contributed by atoms with E-state index in [0.29, 0.717) is 30.3 Å². The van der Waals surface area contributed by atoms with Gasteiger partial charge in [-0.1, -0.05) is 25.4 Å². The van der Waals surface area contributed by atoms with Gasteiger partial charge in [-0.15, -0.1) is 0 Å². The maximum atomic E-state index is 5.99. The van der Waals surface area contributed by atoms with Gasteiger partial charge >= 0.3 is 0 Å². The molecule has 1 aliphatic carbocycles. The molecule has 5 nitrogen and oxygen atoms in total. The minimum Gasteiger partial charge on any atom is -0.376 e. The van der Waals surface area contributed by atoms with E-state index < -0.39 is 0 Å². The van der Waals surface area contributed by atoms with Gasteiger partial charge in [0.2, 0.25) is 5.89 Å². The predicted molar refractivity (Wildman–Crippen MR) is 68.0 cm³/mol. The Balaban J connectivity index is 1.80. The first-order chi connectivity index (χ1) is 8.69. The fraction of sp³-hybridized carbons (Fsp3) is 0.846. The molecule has 1 aromatic heterocycles. The van der Waals surface area contributed by atoms with Gasteiger partial charge in [0.15, 0.2) is 5.82 Å². The van der Waals surface area contributed by atoms with E-state index in [-0.39, 0.29) is 6.04 Å². The Kier molecular flexibility index (Phi) is 4.72. The summed E-state index contributed by atoms with van der Waals surface area (Å²) in [4.78, 5) is 4.34. The number of nitrogens with two attached hydrogens (primary N) is 1. The molecule has 0 radical (unpaired) electrons. The molecule has 0 bridgehead atoms. The normalized spacial score (nSPS) is 19.5. The van der Waals surface area contributed by atoms with Gasteiger partial charge in [0.25, 0.3) is 0 Å². The Hall–Kier alpha value is -0.940. The molecule has 1 aromatic rings. The molecule has 0 saturated heterocycles. The summed E-state index contributed by atoms with van der Waals surface area (Å²) in [6.45, 7) is 4.80. The summed E-state index contributed by atoms with van der Waals surface area (Å²) in [5.74, 6) is 1.80. The zero-order valence-corrected chi connectivity index (χ0v) is 11.3. The topological polar surface area (TPSA) is 74.2 Å². The highest BCUT2D eigenvalue weighted by molar-refractivity contribution is 4.93. The number of hydrogen-bond acceptors (Lipinski definition) is 5. The summed E-state index contributed by atoms with van der Waals surface area (Å²) in [6.07, 6.45) is 5.88. The molecule has 1 heterocycles. The van der Waals surface area contributed by atoms with Crippen LogP contribution in [0.1, 0.15) is 57.3 Å². The van der Waals surface area contributed by atoms with Crippen LogP contribution in [0.15, 0.2) is 4.52 Å². The van der Waals surface area contributed by atoms with Crippen molar-refractivity contribution < 1.29 is 9.26 Å². The standard InChI is InChI=1S/C13H23N3O2/c1-3-9(2)7-12-15-13(16-18-12)11(14)8-17-10-5-4-6-10/h9-11H,3-8,14H2,1-2H3. The second-order valence-electron chi connectivity index (χ2n) is 5.26. The van der Waals surface area contributed by atoms with Gasteiger partial charge in [-0.3, -0.25) is 0 Å². The fourth-order valence-electron chi connectivity index (χ4n) is 1.80. The van der Waals surface area contributed by atoms with Crippen LogP contribution in [-0.2, 0) is 11.2 Å². The monoisotopic (exact) mass is 253 g/mol. The van der Waals surface area contributed by atoms with E-state index >= 15 is 0 Å². The Morgan fingerprint density at radius 3 is 2.89 bits per heavy atom. The number of hydrogen-bond donors (Lipinski definition) is 1. The molecule has 0 aliphatic heterocycles. The first-order valence-electron chi connectivity index (χ1n) is 6.88. The second kappa shape index (κ2) is 6.29. The SMILES string of the molecule is CCC(C)Cc1nc(C(N)COC2CCC2)no1. The van der Waals surface area contributed by atoms with E-state index in [2.05, 4.69) is 24.0 Å². The van der Waals surface area contributed by atoms with Gasteiger partial charge in [0.1, 0.15) is 0 Å². The van der Waals surface area contributed by atoms with Gasteiger partial charge in [0, 0.05) is 6.42 Å². The quantitative estimate of drug-likeness (QED) is 0.806. The highest BCUT2D eigenvalue weighted by Gasteiger charge is 2.21. The molecule has 1 fully saturated rings. The number of ether oxygens (including phenoxy) is 1. The third kappa shape index (κ3) is 3.53. The largest absolute Gasteiger partial charge is 0.376 e. The van der Waals surface area contributed by atoms with Crippen molar-refractivity contribution in [1.29, 1.82) is 0 Å².